The van der Waals surface area contributed by atoms with Crippen molar-refractivity contribution in [3.05, 3.63) is 59.1 Å². The minimum Gasteiger partial charge on any atom is -0.463 e. The van der Waals surface area contributed by atoms with Crippen molar-refractivity contribution in [1.29, 1.82) is 0 Å². The number of rotatable bonds is 9. The van der Waals surface area contributed by atoms with Gasteiger partial charge in [0.1, 0.15) is 0 Å². The fraction of sp³-hybridized carbons (Fsp3) is 0.391. The third-order valence-corrected chi connectivity index (χ3v) is 7.46. The lowest BCUT2D eigenvalue weighted by Crippen LogP contribution is -2.48. The number of ether oxygens (including phenoxy) is 2. The molecule has 8 nitrogen and oxygen atoms in total. The highest BCUT2D eigenvalue weighted by Gasteiger charge is 2.30. The van der Waals surface area contributed by atoms with E-state index in [-0.39, 0.29) is 22.1 Å². The molecule has 178 valence electrons. The molecule has 1 heterocycles. The molecule has 0 aliphatic carbocycles. The van der Waals surface area contributed by atoms with E-state index in [0.29, 0.717) is 32.6 Å². The number of esters is 2. The van der Waals surface area contributed by atoms with Crippen LogP contribution in [0.15, 0.2) is 53.4 Å². The quantitative estimate of drug-likeness (QED) is 0.390. The number of unbranched alkanes of at least 4 members (excludes halogenated alkanes) is 1. The average Bonchev–Trinajstić information content (AvgIpc) is 2.83. The van der Waals surface area contributed by atoms with Gasteiger partial charge in [0.2, 0.25) is 10.0 Å². The SMILES string of the molecule is CCCCOC(=O)COC(=O)c1cc(S(=O)(=O)N2CCN(c3ccccc3)CC2)ccc1Cl. The Bertz CT molecular complexity index is 1070. The molecular weight excluding hydrogens is 468 g/mol. The van der Waals surface area contributed by atoms with E-state index in [4.69, 9.17) is 21.1 Å². The van der Waals surface area contributed by atoms with E-state index >= 15 is 0 Å². The Morgan fingerprint density at radius 2 is 1.70 bits per heavy atom. The van der Waals surface area contributed by atoms with Crippen LogP contribution in [0.5, 0.6) is 0 Å². The van der Waals surface area contributed by atoms with Crippen LogP contribution < -0.4 is 4.90 Å². The lowest BCUT2D eigenvalue weighted by Gasteiger charge is -2.35. The van der Waals surface area contributed by atoms with E-state index in [1.165, 1.54) is 22.5 Å². The number of carbonyl (C=O) groups excluding carboxylic acids is 2. The molecule has 2 aromatic rings. The van der Waals surface area contributed by atoms with Gasteiger partial charge in [-0.15, -0.1) is 0 Å². The molecule has 2 aromatic carbocycles. The van der Waals surface area contributed by atoms with Crippen LogP contribution in [0, 0.1) is 0 Å². The predicted octanol–water partition coefficient (Wildman–Crippen LogP) is 3.35. The summed E-state index contributed by atoms with van der Waals surface area (Å²) in [5, 5.41) is 0.0344. The second-order valence-corrected chi connectivity index (χ2v) is 9.86. The summed E-state index contributed by atoms with van der Waals surface area (Å²) in [4.78, 5) is 26.2. The van der Waals surface area contributed by atoms with Crippen molar-refractivity contribution in [2.75, 3.05) is 44.3 Å². The molecule has 0 bridgehead atoms. The largest absolute Gasteiger partial charge is 0.463 e. The van der Waals surface area contributed by atoms with Gasteiger partial charge < -0.3 is 14.4 Å². The fourth-order valence-electron chi connectivity index (χ4n) is 3.37. The summed E-state index contributed by atoms with van der Waals surface area (Å²) < 4.78 is 37.6. The van der Waals surface area contributed by atoms with Gasteiger partial charge in [-0.2, -0.15) is 4.31 Å². The Balaban J connectivity index is 1.65. The van der Waals surface area contributed by atoms with Gasteiger partial charge >= 0.3 is 11.9 Å². The molecule has 10 heteroatoms. The topological polar surface area (TPSA) is 93.2 Å². The van der Waals surface area contributed by atoms with Gasteiger partial charge in [0.05, 0.1) is 22.1 Å². The highest BCUT2D eigenvalue weighted by Crippen LogP contribution is 2.25. The summed E-state index contributed by atoms with van der Waals surface area (Å²) in [7, 11) is -3.84. The van der Waals surface area contributed by atoms with Crippen molar-refractivity contribution in [2.45, 2.75) is 24.7 Å². The van der Waals surface area contributed by atoms with Gasteiger partial charge in [-0.25, -0.2) is 18.0 Å². The molecule has 0 amide bonds. The van der Waals surface area contributed by atoms with Crippen LogP contribution in [0.2, 0.25) is 5.02 Å². The van der Waals surface area contributed by atoms with Gasteiger partial charge in [0, 0.05) is 31.9 Å². The molecule has 1 saturated heterocycles. The van der Waals surface area contributed by atoms with Gasteiger partial charge in [0.25, 0.3) is 0 Å². The van der Waals surface area contributed by atoms with E-state index in [9.17, 15) is 18.0 Å². The van der Waals surface area contributed by atoms with Crippen LogP contribution in [-0.4, -0.2) is 64.1 Å². The molecule has 0 atom stereocenters. The fourth-order valence-corrected chi connectivity index (χ4v) is 5.01. The summed E-state index contributed by atoms with van der Waals surface area (Å²) in [6, 6.07) is 13.7. The summed E-state index contributed by atoms with van der Waals surface area (Å²) in [5.74, 6) is -1.56. The number of benzene rings is 2. The number of nitrogens with zero attached hydrogens (tertiary/aromatic N) is 2. The molecule has 0 N–H and O–H groups in total. The highest BCUT2D eigenvalue weighted by atomic mass is 35.5. The van der Waals surface area contributed by atoms with Crippen molar-refractivity contribution < 1.29 is 27.5 Å². The molecule has 0 radical (unpaired) electrons. The minimum atomic E-state index is -3.84. The van der Waals surface area contributed by atoms with Crippen LogP contribution in [0.3, 0.4) is 0 Å². The first kappa shape index (κ1) is 25.0. The lowest BCUT2D eigenvalue weighted by atomic mass is 10.2. The number of sulfonamides is 1. The van der Waals surface area contributed by atoms with E-state index in [1.807, 2.05) is 37.3 Å². The Morgan fingerprint density at radius 3 is 2.36 bits per heavy atom. The normalized spacial score (nSPS) is 14.7. The maximum absolute atomic E-state index is 13.2. The monoisotopic (exact) mass is 494 g/mol. The van der Waals surface area contributed by atoms with Crippen LogP contribution in [0.1, 0.15) is 30.1 Å². The molecule has 33 heavy (non-hydrogen) atoms. The van der Waals surface area contributed by atoms with Crippen LogP contribution in [0.4, 0.5) is 5.69 Å². The molecule has 1 aliphatic heterocycles. The van der Waals surface area contributed by atoms with Crippen LogP contribution in [0.25, 0.3) is 0 Å². The summed E-state index contributed by atoms with van der Waals surface area (Å²) in [6.45, 7) is 3.35. The van der Waals surface area contributed by atoms with E-state index in [2.05, 4.69) is 4.90 Å². The van der Waals surface area contributed by atoms with Gasteiger partial charge in [-0.05, 0) is 36.8 Å². The Labute approximate surface area is 199 Å². The molecule has 3 rings (SSSR count). The van der Waals surface area contributed by atoms with Crippen LogP contribution in [-0.2, 0) is 24.3 Å². The molecule has 1 aliphatic rings. The van der Waals surface area contributed by atoms with E-state index in [1.54, 1.807) is 0 Å². The third kappa shape index (κ3) is 6.46. The second-order valence-electron chi connectivity index (χ2n) is 7.52. The van der Waals surface area contributed by atoms with Gasteiger partial charge in [-0.3, -0.25) is 0 Å². The first-order valence-corrected chi connectivity index (χ1v) is 12.6. The maximum atomic E-state index is 13.2. The van der Waals surface area contributed by atoms with Crippen molar-refractivity contribution in [1.82, 2.24) is 4.31 Å². The number of piperazine rings is 1. The molecule has 0 saturated carbocycles. The molecule has 1 fully saturated rings. The number of para-hydroxylation sites is 1. The first-order chi connectivity index (χ1) is 15.8. The summed E-state index contributed by atoms with van der Waals surface area (Å²) in [6.07, 6.45) is 1.58. The predicted molar refractivity (Wildman–Crippen MR) is 125 cm³/mol. The zero-order valence-electron chi connectivity index (χ0n) is 18.4. The van der Waals surface area contributed by atoms with Crippen molar-refractivity contribution in [3.63, 3.8) is 0 Å². The van der Waals surface area contributed by atoms with Crippen molar-refractivity contribution in [2.24, 2.45) is 0 Å². The van der Waals surface area contributed by atoms with Gasteiger partial charge in [0.15, 0.2) is 6.61 Å². The van der Waals surface area contributed by atoms with Crippen molar-refractivity contribution >= 4 is 39.3 Å². The number of halogens is 1. The zero-order chi connectivity index (χ0) is 23.8. The standard InChI is InChI=1S/C23H27ClN2O6S/c1-2-3-15-31-22(27)17-32-23(28)20-16-19(9-10-21(20)24)33(29,30)26-13-11-25(12-14-26)18-7-5-4-6-8-18/h4-10,16H,2-3,11-15,17H2,1H3. The summed E-state index contributed by atoms with van der Waals surface area (Å²) >= 11 is 6.10. The number of anilines is 1. The third-order valence-electron chi connectivity index (χ3n) is 5.24. The summed E-state index contributed by atoms with van der Waals surface area (Å²) in [5.41, 5.74) is 0.918. The molecular formula is C23H27ClN2O6S. The number of hydrogen-bond donors (Lipinski definition) is 0. The number of carbonyl (C=O) groups is 2. The Morgan fingerprint density at radius 1 is 1.00 bits per heavy atom. The van der Waals surface area contributed by atoms with E-state index in [0.717, 1.165) is 12.1 Å². The smallest absolute Gasteiger partial charge is 0.344 e. The molecule has 0 unspecified atom stereocenters. The maximum Gasteiger partial charge on any atom is 0.344 e. The average molecular weight is 495 g/mol. The second kappa shape index (κ2) is 11.5. The number of hydrogen-bond acceptors (Lipinski definition) is 7. The Hall–Kier alpha value is -2.62. The highest BCUT2D eigenvalue weighted by molar-refractivity contribution is 7.89. The van der Waals surface area contributed by atoms with E-state index < -0.39 is 28.6 Å². The van der Waals surface area contributed by atoms with Gasteiger partial charge in [-0.1, -0.05) is 43.1 Å². The van der Waals surface area contributed by atoms with Crippen LogP contribution >= 0.6 is 11.6 Å². The molecule has 0 aromatic heterocycles. The first-order valence-electron chi connectivity index (χ1n) is 10.8. The molecule has 0 spiro atoms. The zero-order valence-corrected chi connectivity index (χ0v) is 20.0. The lowest BCUT2D eigenvalue weighted by molar-refractivity contribution is -0.147. The Kier molecular flexibility index (Phi) is 8.71. The van der Waals surface area contributed by atoms with Crippen molar-refractivity contribution in [3.8, 4) is 0 Å². The minimum absolute atomic E-state index is 0.0344.